The zero-order valence-corrected chi connectivity index (χ0v) is 13.6. The maximum Gasteiger partial charge on any atom is 0.279 e. The molecule has 8 heteroatoms. The van der Waals surface area contributed by atoms with Gasteiger partial charge in [0.05, 0.1) is 17.2 Å². The summed E-state index contributed by atoms with van der Waals surface area (Å²) in [6, 6.07) is 3.51. The molecule has 0 aliphatic carbocycles. The maximum atomic E-state index is 11.5. The molecule has 1 aromatic heterocycles. The van der Waals surface area contributed by atoms with E-state index < -0.39 is 0 Å². The van der Waals surface area contributed by atoms with E-state index in [-0.39, 0.29) is 29.4 Å². The molecule has 0 radical (unpaired) electrons. The van der Waals surface area contributed by atoms with Crippen LogP contribution in [0.2, 0.25) is 5.15 Å². The Bertz CT molecular complexity index is 589. The van der Waals surface area contributed by atoms with Crippen molar-refractivity contribution in [3.8, 4) is 0 Å². The fourth-order valence-corrected chi connectivity index (χ4v) is 2.88. The predicted molar refractivity (Wildman–Crippen MR) is 84.7 cm³/mol. The Morgan fingerprint density at radius 1 is 1.59 bits per heavy atom. The Balaban J connectivity index is 2.46. The van der Waals surface area contributed by atoms with Gasteiger partial charge in [-0.05, 0) is 18.2 Å². The number of aromatic nitrogens is 1. The molecule has 22 heavy (non-hydrogen) atoms. The van der Waals surface area contributed by atoms with Crippen LogP contribution in [0, 0.1) is 10.1 Å². The molecule has 2 atom stereocenters. The van der Waals surface area contributed by atoms with Gasteiger partial charge in [-0.15, -0.1) is 0 Å². The predicted octanol–water partition coefficient (Wildman–Crippen LogP) is 1.84. The number of hydrogen-bond acceptors (Lipinski definition) is 6. The number of halogens is 1. The van der Waals surface area contributed by atoms with E-state index in [1.54, 1.807) is 24.2 Å². The van der Waals surface area contributed by atoms with Crippen LogP contribution in [0.1, 0.15) is 25.3 Å². The Labute approximate surface area is 134 Å². The number of nitro groups is 1. The Hall–Kier alpha value is -1.70. The molecule has 0 fully saturated rings. The zero-order valence-electron chi connectivity index (χ0n) is 12.9. The average Bonchev–Trinajstić information content (AvgIpc) is 2.49. The van der Waals surface area contributed by atoms with E-state index in [1.807, 2.05) is 24.8 Å². The van der Waals surface area contributed by atoms with Gasteiger partial charge in [-0.2, -0.15) is 0 Å². The zero-order chi connectivity index (χ0) is 16.4. The van der Waals surface area contributed by atoms with Crippen LogP contribution in [0.4, 0.5) is 0 Å². The first-order valence-corrected chi connectivity index (χ1v) is 7.46. The van der Waals surface area contributed by atoms with Crippen molar-refractivity contribution in [2.45, 2.75) is 26.1 Å². The van der Waals surface area contributed by atoms with Crippen LogP contribution in [0.3, 0.4) is 0 Å². The molecule has 2 unspecified atom stereocenters. The molecule has 2 rings (SSSR count). The van der Waals surface area contributed by atoms with Crippen molar-refractivity contribution in [1.29, 1.82) is 0 Å². The summed E-state index contributed by atoms with van der Waals surface area (Å²) >= 11 is 5.80. The van der Waals surface area contributed by atoms with Crippen molar-refractivity contribution in [2.75, 3.05) is 20.1 Å². The monoisotopic (exact) mass is 325 g/mol. The molecule has 120 valence electrons. The van der Waals surface area contributed by atoms with Crippen LogP contribution < -0.4 is 5.73 Å². The summed E-state index contributed by atoms with van der Waals surface area (Å²) in [7, 11) is 1.78. The lowest BCUT2D eigenvalue weighted by Crippen LogP contribution is -2.57. The quantitative estimate of drug-likeness (QED) is 0.516. The SMILES string of the molecule is CCN1CC([N+](=O)[O-])=C(C(C)c2ccc(Cl)nc2)N(C)C1N. The molecule has 0 spiro atoms. The average molecular weight is 326 g/mol. The molecular formula is C14H20ClN5O2. The summed E-state index contributed by atoms with van der Waals surface area (Å²) in [4.78, 5) is 18.8. The van der Waals surface area contributed by atoms with Crippen LogP contribution >= 0.6 is 11.6 Å². The fourth-order valence-electron chi connectivity index (χ4n) is 2.76. The third kappa shape index (κ3) is 3.06. The van der Waals surface area contributed by atoms with E-state index in [4.69, 9.17) is 17.3 Å². The smallest absolute Gasteiger partial charge is 0.279 e. The lowest BCUT2D eigenvalue weighted by molar-refractivity contribution is -0.433. The number of nitrogens with zero attached hydrogens (tertiary/aromatic N) is 4. The topological polar surface area (TPSA) is 88.5 Å². The van der Waals surface area contributed by atoms with Crippen molar-refractivity contribution in [1.82, 2.24) is 14.8 Å². The molecule has 0 saturated heterocycles. The third-order valence-electron chi connectivity index (χ3n) is 4.09. The van der Waals surface area contributed by atoms with E-state index in [1.165, 1.54) is 0 Å². The molecule has 2 heterocycles. The highest BCUT2D eigenvalue weighted by Crippen LogP contribution is 2.33. The van der Waals surface area contributed by atoms with Gasteiger partial charge in [0.1, 0.15) is 11.4 Å². The first kappa shape index (κ1) is 16.7. The molecule has 1 aliphatic rings. The summed E-state index contributed by atoms with van der Waals surface area (Å²) < 4.78 is 0. The molecule has 0 saturated carbocycles. The van der Waals surface area contributed by atoms with Crippen molar-refractivity contribution < 1.29 is 4.92 Å². The van der Waals surface area contributed by atoms with Crippen LogP contribution in [0.25, 0.3) is 0 Å². The molecule has 1 aromatic rings. The lowest BCUT2D eigenvalue weighted by Gasteiger charge is -2.41. The largest absolute Gasteiger partial charge is 0.344 e. The molecule has 0 amide bonds. The molecule has 2 N–H and O–H groups in total. The normalized spacial score (nSPS) is 21.1. The van der Waals surface area contributed by atoms with Crippen molar-refractivity contribution in [3.05, 3.63) is 50.6 Å². The highest BCUT2D eigenvalue weighted by molar-refractivity contribution is 6.29. The van der Waals surface area contributed by atoms with Gasteiger partial charge in [0, 0.05) is 19.2 Å². The second-order valence-corrected chi connectivity index (χ2v) is 5.70. The highest BCUT2D eigenvalue weighted by Gasteiger charge is 2.37. The summed E-state index contributed by atoms with van der Waals surface area (Å²) in [5.41, 5.74) is 7.84. The number of nitrogens with two attached hydrogens (primary N) is 1. The molecule has 0 bridgehead atoms. The van der Waals surface area contributed by atoms with Crippen molar-refractivity contribution >= 4 is 11.6 Å². The molecule has 0 aromatic carbocycles. The van der Waals surface area contributed by atoms with Crippen molar-refractivity contribution in [2.24, 2.45) is 5.73 Å². The van der Waals surface area contributed by atoms with E-state index >= 15 is 0 Å². The van der Waals surface area contributed by atoms with Crippen LogP contribution in [-0.2, 0) is 0 Å². The van der Waals surface area contributed by atoms with Gasteiger partial charge in [0.15, 0.2) is 0 Å². The first-order valence-electron chi connectivity index (χ1n) is 7.08. The van der Waals surface area contributed by atoms with Gasteiger partial charge in [-0.3, -0.25) is 20.7 Å². The summed E-state index contributed by atoms with van der Waals surface area (Å²) in [6.45, 7) is 4.72. The van der Waals surface area contributed by atoms with E-state index in [0.717, 1.165) is 5.56 Å². The standard InChI is InChI=1S/C14H20ClN5O2/c1-4-19-8-11(20(21)22)13(18(3)14(19)16)9(2)10-5-6-12(15)17-7-10/h5-7,9,14H,4,8,16H2,1-3H3. The van der Waals surface area contributed by atoms with Gasteiger partial charge in [-0.25, -0.2) is 4.98 Å². The lowest BCUT2D eigenvalue weighted by atomic mass is 9.95. The Morgan fingerprint density at radius 2 is 2.27 bits per heavy atom. The third-order valence-corrected chi connectivity index (χ3v) is 4.31. The van der Waals surface area contributed by atoms with Gasteiger partial charge >= 0.3 is 0 Å². The molecule has 1 aliphatic heterocycles. The number of hydrogen-bond donors (Lipinski definition) is 1. The minimum atomic E-state index is -0.383. The van der Waals surface area contributed by atoms with Crippen LogP contribution in [0.15, 0.2) is 29.7 Å². The number of likely N-dealkylation sites (N-methyl/N-ethyl adjacent to an activating group) is 2. The van der Waals surface area contributed by atoms with Crippen molar-refractivity contribution in [3.63, 3.8) is 0 Å². The van der Waals surface area contributed by atoms with Crippen LogP contribution in [0.5, 0.6) is 0 Å². The van der Waals surface area contributed by atoms with E-state index in [9.17, 15) is 10.1 Å². The highest BCUT2D eigenvalue weighted by atomic mass is 35.5. The van der Waals surface area contributed by atoms with Gasteiger partial charge in [0.2, 0.25) is 0 Å². The van der Waals surface area contributed by atoms with Gasteiger partial charge in [0.25, 0.3) is 5.70 Å². The first-order chi connectivity index (χ1) is 10.4. The minimum Gasteiger partial charge on any atom is -0.344 e. The molecule has 7 nitrogen and oxygen atoms in total. The van der Waals surface area contributed by atoms with Gasteiger partial charge in [-0.1, -0.05) is 31.5 Å². The van der Waals surface area contributed by atoms with E-state index in [0.29, 0.717) is 17.4 Å². The summed E-state index contributed by atoms with van der Waals surface area (Å²) in [5, 5.41) is 11.9. The number of allylic oxidation sites excluding steroid dienone is 1. The number of pyridine rings is 1. The van der Waals surface area contributed by atoms with E-state index in [2.05, 4.69) is 4.98 Å². The Morgan fingerprint density at radius 3 is 2.77 bits per heavy atom. The summed E-state index contributed by atoms with van der Waals surface area (Å²) in [6.07, 6.45) is 1.26. The molecular weight excluding hydrogens is 306 g/mol. The summed E-state index contributed by atoms with van der Waals surface area (Å²) in [5.74, 6) is -0.194. The van der Waals surface area contributed by atoms with Crippen LogP contribution in [-0.4, -0.2) is 46.1 Å². The minimum absolute atomic E-state index is 0.175. The maximum absolute atomic E-state index is 11.5. The second kappa shape index (κ2) is 6.60. The Kier molecular flexibility index (Phi) is 5.00. The number of rotatable bonds is 4. The van der Waals surface area contributed by atoms with Gasteiger partial charge < -0.3 is 4.90 Å². The fraction of sp³-hybridized carbons (Fsp3) is 0.500. The second-order valence-electron chi connectivity index (χ2n) is 5.31.